The van der Waals surface area contributed by atoms with Gasteiger partial charge in [0, 0.05) is 16.0 Å². The van der Waals surface area contributed by atoms with Gasteiger partial charge in [0.15, 0.2) is 0 Å². The van der Waals surface area contributed by atoms with E-state index in [4.69, 9.17) is 0 Å². The molecule has 0 spiro atoms. The molecule has 0 saturated heterocycles. The largest absolute Gasteiger partial charge is 0.259 e. The quantitative estimate of drug-likeness (QED) is 0.642. The van der Waals surface area contributed by atoms with E-state index >= 15 is 0 Å². The fraction of sp³-hybridized carbons (Fsp3) is 0.267. The number of aromatic nitrogens is 2. The molecule has 0 saturated carbocycles. The van der Waals surface area contributed by atoms with Gasteiger partial charge in [-0.2, -0.15) is 5.10 Å². The molecule has 0 atom stereocenters. The lowest BCUT2D eigenvalue weighted by Crippen LogP contribution is -2.23. The molecule has 3 aromatic rings. The molecule has 0 aliphatic heterocycles. The maximum Gasteiger partial charge on any atom is 0.0788 e. The minimum absolute atomic E-state index is 0.00587. The minimum Gasteiger partial charge on any atom is -0.259 e. The summed E-state index contributed by atoms with van der Waals surface area (Å²) in [5.74, 6) is 0. The number of hydrogen-bond acceptors (Lipinski definition) is 3. The molecule has 0 aromatic carbocycles. The maximum atomic E-state index is 4.46. The van der Waals surface area contributed by atoms with E-state index < -0.39 is 0 Å². The van der Waals surface area contributed by atoms with Crippen molar-refractivity contribution < 1.29 is 0 Å². The van der Waals surface area contributed by atoms with E-state index in [2.05, 4.69) is 66.3 Å². The SMILES string of the molecule is CC(C)(C)n1nccc1-c1ccc(-c2cccs2)s1. The summed E-state index contributed by atoms with van der Waals surface area (Å²) in [6.07, 6.45) is 1.88. The normalized spacial score (nSPS) is 11.9. The Balaban J connectivity index is 2.02. The molecular formula is C15H16N2S2. The molecule has 0 aliphatic rings. The first-order valence-corrected chi connectivity index (χ1v) is 7.94. The Hall–Kier alpha value is -1.39. The summed E-state index contributed by atoms with van der Waals surface area (Å²) in [6, 6.07) is 10.8. The molecule has 0 radical (unpaired) electrons. The van der Waals surface area contributed by atoms with Gasteiger partial charge < -0.3 is 0 Å². The highest BCUT2D eigenvalue weighted by atomic mass is 32.1. The van der Waals surface area contributed by atoms with Crippen LogP contribution in [0.1, 0.15) is 20.8 Å². The second-order valence-corrected chi connectivity index (χ2v) is 7.47. The average Bonchev–Trinajstić information content (AvgIpc) is 3.09. The molecule has 3 aromatic heterocycles. The molecule has 0 fully saturated rings. The minimum atomic E-state index is 0.00587. The monoisotopic (exact) mass is 288 g/mol. The molecule has 98 valence electrons. The fourth-order valence-electron chi connectivity index (χ4n) is 2.05. The van der Waals surface area contributed by atoms with Crippen LogP contribution in [0.4, 0.5) is 0 Å². The molecule has 0 N–H and O–H groups in total. The number of thiophene rings is 2. The molecule has 0 aliphatic carbocycles. The van der Waals surface area contributed by atoms with Crippen LogP contribution in [0.25, 0.3) is 20.3 Å². The Bertz CT molecular complexity index is 669. The molecule has 3 rings (SSSR count). The Labute approximate surface area is 121 Å². The van der Waals surface area contributed by atoms with Gasteiger partial charge in [-0.05, 0) is 50.4 Å². The Morgan fingerprint density at radius 3 is 2.47 bits per heavy atom. The summed E-state index contributed by atoms with van der Waals surface area (Å²) in [5.41, 5.74) is 1.20. The van der Waals surface area contributed by atoms with Gasteiger partial charge in [-0.15, -0.1) is 22.7 Å². The van der Waals surface area contributed by atoms with Gasteiger partial charge in [0.2, 0.25) is 0 Å². The molecule has 3 heterocycles. The van der Waals surface area contributed by atoms with E-state index in [1.165, 1.54) is 20.3 Å². The van der Waals surface area contributed by atoms with E-state index in [1.807, 2.05) is 17.5 Å². The van der Waals surface area contributed by atoms with E-state index in [9.17, 15) is 0 Å². The average molecular weight is 288 g/mol. The first-order valence-electron chi connectivity index (χ1n) is 6.24. The topological polar surface area (TPSA) is 17.8 Å². The first-order chi connectivity index (χ1) is 9.05. The summed E-state index contributed by atoms with van der Waals surface area (Å²) in [4.78, 5) is 3.93. The second kappa shape index (κ2) is 4.62. The van der Waals surface area contributed by atoms with Gasteiger partial charge in [0.05, 0.1) is 16.1 Å². The van der Waals surface area contributed by atoms with Crippen LogP contribution in [0.15, 0.2) is 41.9 Å². The molecular weight excluding hydrogens is 272 g/mol. The molecule has 0 unspecified atom stereocenters. The molecule has 0 bridgehead atoms. The summed E-state index contributed by atoms with van der Waals surface area (Å²) in [6.45, 7) is 6.53. The molecule has 2 nitrogen and oxygen atoms in total. The van der Waals surface area contributed by atoms with Crippen LogP contribution < -0.4 is 0 Å². The van der Waals surface area contributed by atoms with E-state index in [1.54, 1.807) is 11.3 Å². The highest BCUT2D eigenvalue weighted by molar-refractivity contribution is 7.23. The van der Waals surface area contributed by atoms with Crippen LogP contribution >= 0.6 is 22.7 Å². The van der Waals surface area contributed by atoms with Crippen LogP contribution in [0.2, 0.25) is 0 Å². The van der Waals surface area contributed by atoms with Crippen molar-refractivity contribution in [1.82, 2.24) is 9.78 Å². The Kier molecular flexibility index (Phi) is 3.07. The molecule has 0 amide bonds. The van der Waals surface area contributed by atoms with Crippen molar-refractivity contribution in [1.29, 1.82) is 0 Å². The van der Waals surface area contributed by atoms with Crippen molar-refractivity contribution in [3.63, 3.8) is 0 Å². The highest BCUT2D eigenvalue weighted by Crippen LogP contribution is 2.37. The van der Waals surface area contributed by atoms with Gasteiger partial charge in [-0.1, -0.05) is 6.07 Å². The van der Waals surface area contributed by atoms with E-state index in [-0.39, 0.29) is 5.54 Å². The summed E-state index contributed by atoms with van der Waals surface area (Å²) in [7, 11) is 0. The third-order valence-electron chi connectivity index (χ3n) is 2.90. The van der Waals surface area contributed by atoms with Crippen LogP contribution in [0, 0.1) is 0 Å². The Morgan fingerprint density at radius 2 is 1.79 bits per heavy atom. The molecule has 19 heavy (non-hydrogen) atoms. The Morgan fingerprint density at radius 1 is 1.00 bits per heavy atom. The lowest BCUT2D eigenvalue weighted by Gasteiger charge is -2.21. The van der Waals surface area contributed by atoms with E-state index in [0.717, 1.165) is 0 Å². The summed E-state index contributed by atoms with van der Waals surface area (Å²) >= 11 is 3.61. The van der Waals surface area contributed by atoms with Gasteiger partial charge in [-0.3, -0.25) is 4.68 Å². The third kappa shape index (κ3) is 2.38. The maximum absolute atomic E-state index is 4.46. The van der Waals surface area contributed by atoms with Gasteiger partial charge in [0.25, 0.3) is 0 Å². The van der Waals surface area contributed by atoms with E-state index in [0.29, 0.717) is 0 Å². The summed E-state index contributed by atoms with van der Waals surface area (Å²) < 4.78 is 2.09. The van der Waals surface area contributed by atoms with Gasteiger partial charge in [0.1, 0.15) is 0 Å². The van der Waals surface area contributed by atoms with Crippen molar-refractivity contribution in [3.05, 3.63) is 41.9 Å². The highest BCUT2D eigenvalue weighted by Gasteiger charge is 2.19. The molecule has 4 heteroatoms. The fourth-order valence-corrected chi connectivity index (χ4v) is 3.90. The van der Waals surface area contributed by atoms with Crippen molar-refractivity contribution in [3.8, 4) is 20.3 Å². The zero-order valence-electron chi connectivity index (χ0n) is 11.3. The number of nitrogens with zero attached hydrogens (tertiary/aromatic N) is 2. The number of rotatable bonds is 2. The summed E-state index contributed by atoms with van der Waals surface area (Å²) in [5, 5.41) is 6.58. The van der Waals surface area contributed by atoms with Gasteiger partial charge >= 0.3 is 0 Å². The lowest BCUT2D eigenvalue weighted by atomic mass is 10.1. The predicted octanol–water partition coefficient (Wildman–Crippen LogP) is 5.10. The zero-order valence-corrected chi connectivity index (χ0v) is 12.9. The predicted molar refractivity (Wildman–Crippen MR) is 83.8 cm³/mol. The van der Waals surface area contributed by atoms with Crippen molar-refractivity contribution in [2.75, 3.05) is 0 Å². The van der Waals surface area contributed by atoms with Crippen molar-refractivity contribution in [2.45, 2.75) is 26.3 Å². The smallest absolute Gasteiger partial charge is 0.0788 e. The van der Waals surface area contributed by atoms with Crippen LogP contribution in [0.3, 0.4) is 0 Å². The van der Waals surface area contributed by atoms with Crippen LogP contribution in [-0.2, 0) is 5.54 Å². The standard InChI is InChI=1S/C15H16N2S2/c1-15(2,3)17-11(8-9-16-17)12-6-7-14(19-12)13-5-4-10-18-13/h4-10H,1-3H3. The van der Waals surface area contributed by atoms with Crippen LogP contribution in [0.5, 0.6) is 0 Å². The zero-order chi connectivity index (χ0) is 13.5. The first kappa shape index (κ1) is 12.6. The van der Waals surface area contributed by atoms with Crippen molar-refractivity contribution in [2.24, 2.45) is 0 Å². The third-order valence-corrected chi connectivity index (χ3v) is 5.07. The van der Waals surface area contributed by atoms with Crippen LogP contribution in [-0.4, -0.2) is 9.78 Å². The number of hydrogen-bond donors (Lipinski definition) is 0. The second-order valence-electron chi connectivity index (χ2n) is 5.44. The van der Waals surface area contributed by atoms with Crippen molar-refractivity contribution >= 4 is 22.7 Å². The van der Waals surface area contributed by atoms with Gasteiger partial charge in [-0.25, -0.2) is 0 Å². The lowest BCUT2D eigenvalue weighted by molar-refractivity contribution is 0.360.